The van der Waals surface area contributed by atoms with E-state index in [1.165, 1.54) is 12.8 Å². The smallest absolute Gasteiger partial charge is 0.193 e. The lowest BCUT2D eigenvalue weighted by Gasteiger charge is -2.33. The maximum atomic E-state index is 4.82. The highest BCUT2D eigenvalue weighted by atomic mass is 127. The average Bonchev–Trinajstić information content (AvgIpc) is 2.97. The molecule has 0 bridgehead atoms. The molecule has 1 aliphatic rings. The lowest BCUT2D eigenvalue weighted by Crippen LogP contribution is -2.46. The van der Waals surface area contributed by atoms with Gasteiger partial charge in [-0.25, -0.2) is 4.98 Å². The van der Waals surface area contributed by atoms with E-state index >= 15 is 0 Å². The summed E-state index contributed by atoms with van der Waals surface area (Å²) in [7, 11) is 0. The summed E-state index contributed by atoms with van der Waals surface area (Å²) in [5.74, 6) is 1.81. The van der Waals surface area contributed by atoms with Crippen LogP contribution in [0, 0.1) is 5.92 Å². The second-order valence-electron chi connectivity index (χ2n) is 6.38. The largest absolute Gasteiger partial charge is 0.357 e. The van der Waals surface area contributed by atoms with Crippen LogP contribution >= 0.6 is 24.0 Å². The number of nitrogens with one attached hydrogen (secondary N) is 1. The van der Waals surface area contributed by atoms with Crippen molar-refractivity contribution in [2.45, 2.75) is 33.1 Å². The van der Waals surface area contributed by atoms with E-state index < -0.39 is 0 Å². The van der Waals surface area contributed by atoms with Crippen molar-refractivity contribution in [1.82, 2.24) is 19.6 Å². The Balaban J connectivity index is 0.00000208. The van der Waals surface area contributed by atoms with E-state index in [1.807, 2.05) is 24.4 Å². The van der Waals surface area contributed by atoms with Gasteiger partial charge in [-0.05, 0) is 37.8 Å². The van der Waals surface area contributed by atoms with E-state index in [-0.39, 0.29) is 24.0 Å². The first kappa shape index (κ1) is 19.0. The molecule has 3 rings (SSSR count). The van der Waals surface area contributed by atoms with E-state index in [0.29, 0.717) is 0 Å². The molecule has 1 atom stereocenters. The molecule has 132 valence electrons. The van der Waals surface area contributed by atoms with Crippen molar-refractivity contribution in [1.29, 1.82) is 0 Å². The molecule has 24 heavy (non-hydrogen) atoms. The predicted molar refractivity (Wildman–Crippen MR) is 110 cm³/mol. The van der Waals surface area contributed by atoms with E-state index in [4.69, 9.17) is 4.99 Å². The maximum Gasteiger partial charge on any atom is 0.193 e. The van der Waals surface area contributed by atoms with Gasteiger partial charge in [0.15, 0.2) is 5.96 Å². The van der Waals surface area contributed by atoms with E-state index in [9.17, 15) is 0 Å². The first-order chi connectivity index (χ1) is 11.3. The molecule has 0 radical (unpaired) electrons. The highest BCUT2D eigenvalue weighted by Gasteiger charge is 2.18. The fourth-order valence-electron chi connectivity index (χ4n) is 3.19. The first-order valence-electron chi connectivity index (χ1n) is 8.72. The van der Waals surface area contributed by atoms with Gasteiger partial charge in [0, 0.05) is 45.0 Å². The van der Waals surface area contributed by atoms with Crippen LogP contribution < -0.4 is 5.32 Å². The molecule has 2 aromatic rings. The van der Waals surface area contributed by atoms with Gasteiger partial charge in [0.2, 0.25) is 0 Å². The molecule has 6 heteroatoms. The summed E-state index contributed by atoms with van der Waals surface area (Å²) in [6.07, 6.45) is 7.60. The number of hydrogen-bond acceptors (Lipinski definition) is 2. The minimum Gasteiger partial charge on any atom is -0.357 e. The molecule has 0 aliphatic carbocycles. The molecule has 1 aliphatic heterocycles. The van der Waals surface area contributed by atoms with Crippen molar-refractivity contribution in [3.63, 3.8) is 0 Å². The summed E-state index contributed by atoms with van der Waals surface area (Å²) in [4.78, 5) is 11.9. The van der Waals surface area contributed by atoms with Gasteiger partial charge in [-0.3, -0.25) is 4.99 Å². The number of aliphatic imine (C=N–C) groups is 1. The minimum absolute atomic E-state index is 0. The quantitative estimate of drug-likeness (QED) is 0.451. The fraction of sp³-hybridized carbons (Fsp3) is 0.556. The van der Waals surface area contributed by atoms with E-state index in [0.717, 1.165) is 55.8 Å². The topological polar surface area (TPSA) is 44.9 Å². The molecule has 0 saturated carbocycles. The van der Waals surface area contributed by atoms with Crippen LogP contribution in [0.1, 0.15) is 32.4 Å². The Morgan fingerprint density at radius 2 is 2.29 bits per heavy atom. The molecule has 1 N–H and O–H groups in total. The monoisotopic (exact) mass is 441 g/mol. The maximum absolute atomic E-state index is 4.82. The number of fused-ring (bicyclic) bond motifs is 1. The number of guanidine groups is 1. The second-order valence-corrected chi connectivity index (χ2v) is 6.38. The Morgan fingerprint density at radius 3 is 3.04 bits per heavy atom. The van der Waals surface area contributed by atoms with Crippen molar-refractivity contribution in [3.05, 3.63) is 36.3 Å². The van der Waals surface area contributed by atoms with Crippen LogP contribution in [0.4, 0.5) is 0 Å². The van der Waals surface area contributed by atoms with Crippen molar-refractivity contribution in [2.24, 2.45) is 10.9 Å². The minimum atomic E-state index is 0. The van der Waals surface area contributed by atoms with Gasteiger partial charge < -0.3 is 14.6 Å². The van der Waals surface area contributed by atoms with Crippen molar-refractivity contribution in [2.75, 3.05) is 26.2 Å². The molecule has 1 fully saturated rings. The number of nitrogens with zero attached hydrogens (tertiary/aromatic N) is 4. The number of rotatable bonds is 4. The van der Waals surface area contributed by atoms with Gasteiger partial charge in [-0.2, -0.15) is 0 Å². The summed E-state index contributed by atoms with van der Waals surface area (Å²) in [5, 5.41) is 3.44. The molecule has 0 amide bonds. The zero-order valence-electron chi connectivity index (χ0n) is 14.6. The van der Waals surface area contributed by atoms with Crippen LogP contribution in [0.2, 0.25) is 0 Å². The first-order valence-corrected chi connectivity index (χ1v) is 8.72. The summed E-state index contributed by atoms with van der Waals surface area (Å²) in [5.41, 5.74) is 2.10. The van der Waals surface area contributed by atoms with Crippen LogP contribution in [0.5, 0.6) is 0 Å². The zero-order chi connectivity index (χ0) is 16.1. The van der Waals surface area contributed by atoms with Crippen LogP contribution in [0.25, 0.3) is 5.65 Å². The molecular weight excluding hydrogens is 413 g/mol. The summed E-state index contributed by atoms with van der Waals surface area (Å²) >= 11 is 0. The summed E-state index contributed by atoms with van der Waals surface area (Å²) in [6.45, 7) is 8.37. The average molecular weight is 441 g/mol. The number of halogens is 1. The van der Waals surface area contributed by atoms with Crippen LogP contribution in [-0.2, 0) is 6.42 Å². The van der Waals surface area contributed by atoms with Gasteiger partial charge in [-0.1, -0.05) is 13.0 Å². The molecule has 0 spiro atoms. The standard InChI is InChI=1S/C18H27N5.HI/c1-3-19-18(23-12-6-7-15(2)13-23)20-10-9-16-14-22-11-5-4-8-17(22)21-16;/h4-5,8,11,14-15H,3,6-7,9-10,12-13H2,1-2H3,(H,19,20);1H. The van der Waals surface area contributed by atoms with Crippen molar-refractivity contribution in [3.8, 4) is 0 Å². The molecule has 0 aromatic carbocycles. The number of piperidine rings is 1. The molecule has 5 nitrogen and oxygen atoms in total. The normalized spacial score (nSPS) is 18.5. The lowest BCUT2D eigenvalue weighted by atomic mass is 10.0. The Labute approximate surface area is 161 Å². The van der Waals surface area contributed by atoms with Gasteiger partial charge >= 0.3 is 0 Å². The molecule has 2 aromatic heterocycles. The van der Waals surface area contributed by atoms with Crippen LogP contribution in [0.15, 0.2) is 35.6 Å². The highest BCUT2D eigenvalue weighted by Crippen LogP contribution is 2.15. The van der Waals surface area contributed by atoms with E-state index in [1.54, 1.807) is 0 Å². The molecular formula is C18H28IN5. The van der Waals surface area contributed by atoms with Crippen LogP contribution in [0.3, 0.4) is 0 Å². The second kappa shape index (κ2) is 9.25. The predicted octanol–water partition coefficient (Wildman–Crippen LogP) is 3.19. The number of imidazole rings is 1. The Bertz CT molecular complexity index is 633. The molecule has 1 saturated heterocycles. The van der Waals surface area contributed by atoms with Gasteiger partial charge in [0.25, 0.3) is 0 Å². The zero-order valence-corrected chi connectivity index (χ0v) is 16.9. The van der Waals surface area contributed by atoms with Crippen molar-refractivity contribution >= 4 is 35.6 Å². The van der Waals surface area contributed by atoms with Gasteiger partial charge in [0.1, 0.15) is 5.65 Å². The molecule has 1 unspecified atom stereocenters. The third-order valence-electron chi connectivity index (χ3n) is 4.33. The third-order valence-corrected chi connectivity index (χ3v) is 4.33. The number of aromatic nitrogens is 2. The fourth-order valence-corrected chi connectivity index (χ4v) is 3.19. The Morgan fingerprint density at radius 1 is 1.42 bits per heavy atom. The van der Waals surface area contributed by atoms with Gasteiger partial charge in [-0.15, -0.1) is 24.0 Å². The summed E-state index contributed by atoms with van der Waals surface area (Å²) in [6, 6.07) is 6.08. The summed E-state index contributed by atoms with van der Waals surface area (Å²) < 4.78 is 2.07. The number of hydrogen-bond donors (Lipinski definition) is 1. The number of pyridine rings is 1. The van der Waals surface area contributed by atoms with E-state index in [2.05, 4.69) is 39.6 Å². The molecule has 3 heterocycles. The third kappa shape index (κ3) is 4.84. The Kier molecular flexibility index (Phi) is 7.33. The van der Waals surface area contributed by atoms with Crippen molar-refractivity contribution < 1.29 is 0 Å². The lowest BCUT2D eigenvalue weighted by molar-refractivity contribution is 0.266. The SMILES string of the molecule is CCNC(=NCCc1cn2ccccc2n1)N1CCCC(C)C1.I. The van der Waals surface area contributed by atoms with Gasteiger partial charge in [0.05, 0.1) is 5.69 Å². The van der Waals surface area contributed by atoms with Crippen LogP contribution in [-0.4, -0.2) is 46.4 Å². The highest BCUT2D eigenvalue weighted by molar-refractivity contribution is 14.0. The number of likely N-dealkylation sites (tertiary alicyclic amines) is 1. The Hall–Kier alpha value is -1.31.